The molecule has 1 aliphatic carbocycles. The van der Waals surface area contributed by atoms with Crippen LogP contribution in [-0.4, -0.2) is 44.4 Å². The minimum absolute atomic E-state index is 0.331. The van der Waals surface area contributed by atoms with E-state index in [1.165, 1.54) is 12.7 Å². The van der Waals surface area contributed by atoms with Crippen LogP contribution in [0.2, 0.25) is 0 Å². The standard InChI is InChI=1S/C18H26N4O3/c1-3-13-14(17(23)25-4-2)10-22-15(13)16(20-12-21-22)19-11-18(24)8-6-5-7-9-18/h10,12,24H,3-9,11H2,1-2H3,(H,19,20,21). The average molecular weight is 346 g/mol. The molecule has 0 bridgehead atoms. The van der Waals surface area contributed by atoms with E-state index in [0.29, 0.717) is 31.0 Å². The molecule has 0 amide bonds. The van der Waals surface area contributed by atoms with Gasteiger partial charge in [0, 0.05) is 12.7 Å². The van der Waals surface area contributed by atoms with E-state index >= 15 is 0 Å². The van der Waals surface area contributed by atoms with Gasteiger partial charge in [0.1, 0.15) is 11.8 Å². The van der Waals surface area contributed by atoms with Crippen LogP contribution in [0.4, 0.5) is 5.82 Å². The third-order valence-corrected chi connectivity index (χ3v) is 4.90. The Bertz CT molecular complexity index is 750. The van der Waals surface area contributed by atoms with E-state index in [0.717, 1.165) is 36.8 Å². The van der Waals surface area contributed by atoms with Crippen molar-refractivity contribution in [2.24, 2.45) is 0 Å². The fourth-order valence-electron chi connectivity index (χ4n) is 3.58. The summed E-state index contributed by atoms with van der Waals surface area (Å²) < 4.78 is 6.81. The Morgan fingerprint density at radius 2 is 2.12 bits per heavy atom. The summed E-state index contributed by atoms with van der Waals surface area (Å²) in [6.45, 7) is 4.56. The zero-order valence-corrected chi connectivity index (χ0v) is 14.9. The maximum atomic E-state index is 12.2. The molecule has 2 N–H and O–H groups in total. The van der Waals surface area contributed by atoms with Crippen LogP contribution in [0.15, 0.2) is 12.5 Å². The number of fused-ring (bicyclic) bond motifs is 1. The van der Waals surface area contributed by atoms with Crippen LogP contribution in [0.25, 0.3) is 5.52 Å². The highest BCUT2D eigenvalue weighted by molar-refractivity contribution is 5.95. The number of anilines is 1. The average Bonchev–Trinajstić information content (AvgIpc) is 3.00. The monoisotopic (exact) mass is 346 g/mol. The first kappa shape index (κ1) is 17.7. The summed E-state index contributed by atoms with van der Waals surface area (Å²) in [7, 11) is 0. The molecule has 0 unspecified atom stereocenters. The molecule has 2 heterocycles. The van der Waals surface area contributed by atoms with Crippen LogP contribution in [0.1, 0.15) is 61.9 Å². The fourth-order valence-corrected chi connectivity index (χ4v) is 3.58. The van der Waals surface area contributed by atoms with Crippen LogP contribution in [0, 0.1) is 0 Å². The number of hydrogen-bond acceptors (Lipinski definition) is 6. The van der Waals surface area contributed by atoms with Crippen LogP contribution in [0.5, 0.6) is 0 Å². The number of nitrogens with one attached hydrogen (secondary N) is 1. The number of carbonyl (C=O) groups excluding carboxylic acids is 1. The molecular formula is C18H26N4O3. The molecule has 0 atom stereocenters. The highest BCUT2D eigenvalue weighted by Crippen LogP contribution is 2.30. The zero-order valence-electron chi connectivity index (χ0n) is 14.9. The maximum absolute atomic E-state index is 12.2. The Hall–Kier alpha value is -2.15. The first-order chi connectivity index (χ1) is 12.1. The number of nitrogens with zero attached hydrogens (tertiary/aromatic N) is 3. The minimum Gasteiger partial charge on any atom is -0.462 e. The third kappa shape index (κ3) is 3.61. The third-order valence-electron chi connectivity index (χ3n) is 4.90. The summed E-state index contributed by atoms with van der Waals surface area (Å²) in [5.41, 5.74) is 1.46. The number of esters is 1. The van der Waals surface area contributed by atoms with Crippen LogP contribution < -0.4 is 5.32 Å². The van der Waals surface area contributed by atoms with Gasteiger partial charge in [0.05, 0.1) is 17.8 Å². The zero-order chi connectivity index (χ0) is 17.9. The van der Waals surface area contributed by atoms with Gasteiger partial charge in [0.15, 0.2) is 5.82 Å². The van der Waals surface area contributed by atoms with Gasteiger partial charge in [-0.3, -0.25) is 0 Å². The number of ether oxygens (including phenoxy) is 1. The largest absolute Gasteiger partial charge is 0.462 e. The molecule has 0 aromatic carbocycles. The van der Waals surface area contributed by atoms with E-state index in [1.54, 1.807) is 17.6 Å². The Balaban J connectivity index is 1.91. The molecule has 0 saturated heterocycles. The van der Waals surface area contributed by atoms with Gasteiger partial charge in [-0.2, -0.15) is 5.10 Å². The lowest BCUT2D eigenvalue weighted by molar-refractivity contribution is 0.0166. The lowest BCUT2D eigenvalue weighted by atomic mass is 9.85. The number of aliphatic hydroxyl groups is 1. The van der Waals surface area contributed by atoms with E-state index in [-0.39, 0.29) is 5.97 Å². The smallest absolute Gasteiger partial charge is 0.340 e. The van der Waals surface area contributed by atoms with Gasteiger partial charge in [-0.25, -0.2) is 14.3 Å². The van der Waals surface area contributed by atoms with Crippen molar-refractivity contribution >= 4 is 17.3 Å². The van der Waals surface area contributed by atoms with Crippen LogP contribution in [0.3, 0.4) is 0 Å². The molecule has 7 nitrogen and oxygen atoms in total. The second kappa shape index (κ2) is 7.39. The molecule has 0 aliphatic heterocycles. The molecule has 2 aromatic heterocycles. The molecule has 0 spiro atoms. The second-order valence-corrected chi connectivity index (χ2v) is 6.64. The van der Waals surface area contributed by atoms with Crippen molar-refractivity contribution in [3.63, 3.8) is 0 Å². The van der Waals surface area contributed by atoms with Crippen molar-refractivity contribution in [2.75, 3.05) is 18.5 Å². The quantitative estimate of drug-likeness (QED) is 0.782. The van der Waals surface area contributed by atoms with Gasteiger partial charge in [0.25, 0.3) is 0 Å². The predicted octanol–water partition coefficient (Wildman–Crippen LogP) is 2.58. The van der Waals surface area contributed by atoms with Gasteiger partial charge in [-0.1, -0.05) is 26.2 Å². The Kier molecular flexibility index (Phi) is 5.22. The number of aryl methyl sites for hydroxylation is 1. The normalized spacial score (nSPS) is 16.8. The topological polar surface area (TPSA) is 88.8 Å². The molecule has 1 fully saturated rings. The fraction of sp³-hybridized carbons (Fsp3) is 0.611. The molecular weight excluding hydrogens is 320 g/mol. The van der Waals surface area contributed by atoms with Crippen molar-refractivity contribution in [3.05, 3.63) is 23.7 Å². The van der Waals surface area contributed by atoms with E-state index in [1.807, 2.05) is 6.92 Å². The minimum atomic E-state index is -0.691. The first-order valence-electron chi connectivity index (χ1n) is 9.06. The van der Waals surface area contributed by atoms with Gasteiger partial charge in [0.2, 0.25) is 0 Å². The highest BCUT2D eigenvalue weighted by Gasteiger charge is 2.29. The SMILES string of the molecule is CCOC(=O)c1cn2ncnc(NCC3(O)CCCCC3)c2c1CC. The van der Waals surface area contributed by atoms with E-state index in [4.69, 9.17) is 4.74 Å². The molecule has 3 rings (SSSR count). The molecule has 0 radical (unpaired) electrons. The summed E-state index contributed by atoms with van der Waals surface area (Å²) in [4.78, 5) is 16.6. The Morgan fingerprint density at radius 3 is 2.80 bits per heavy atom. The molecule has 1 saturated carbocycles. The highest BCUT2D eigenvalue weighted by atomic mass is 16.5. The van der Waals surface area contributed by atoms with Crippen molar-refractivity contribution in [2.45, 2.75) is 58.0 Å². The molecule has 7 heteroatoms. The summed E-state index contributed by atoms with van der Waals surface area (Å²) in [5, 5.41) is 18.2. The van der Waals surface area contributed by atoms with Gasteiger partial charge >= 0.3 is 5.97 Å². The van der Waals surface area contributed by atoms with Gasteiger partial charge < -0.3 is 15.2 Å². The van der Waals surface area contributed by atoms with Crippen LogP contribution in [-0.2, 0) is 11.2 Å². The Labute approximate surface area is 147 Å². The molecule has 25 heavy (non-hydrogen) atoms. The summed E-state index contributed by atoms with van der Waals surface area (Å²) in [6, 6.07) is 0. The van der Waals surface area contributed by atoms with Crippen LogP contribution >= 0.6 is 0 Å². The molecule has 136 valence electrons. The summed E-state index contributed by atoms with van der Waals surface area (Å²) in [5.74, 6) is 0.295. The lowest BCUT2D eigenvalue weighted by Crippen LogP contribution is -2.39. The summed E-state index contributed by atoms with van der Waals surface area (Å²) >= 11 is 0. The number of rotatable bonds is 6. The van der Waals surface area contributed by atoms with E-state index in [2.05, 4.69) is 15.4 Å². The van der Waals surface area contributed by atoms with Gasteiger partial charge in [-0.15, -0.1) is 0 Å². The van der Waals surface area contributed by atoms with Crippen molar-refractivity contribution in [1.29, 1.82) is 0 Å². The number of aromatic nitrogens is 3. The number of carbonyl (C=O) groups is 1. The maximum Gasteiger partial charge on any atom is 0.340 e. The summed E-state index contributed by atoms with van der Waals surface area (Å²) in [6.07, 6.45) is 8.70. The Morgan fingerprint density at radius 1 is 1.36 bits per heavy atom. The second-order valence-electron chi connectivity index (χ2n) is 6.64. The predicted molar refractivity (Wildman–Crippen MR) is 94.8 cm³/mol. The van der Waals surface area contributed by atoms with E-state index in [9.17, 15) is 9.90 Å². The van der Waals surface area contributed by atoms with Crippen molar-refractivity contribution < 1.29 is 14.6 Å². The van der Waals surface area contributed by atoms with Crippen molar-refractivity contribution in [1.82, 2.24) is 14.6 Å². The molecule has 1 aliphatic rings. The van der Waals surface area contributed by atoms with Crippen molar-refractivity contribution in [3.8, 4) is 0 Å². The van der Waals surface area contributed by atoms with E-state index < -0.39 is 5.60 Å². The lowest BCUT2D eigenvalue weighted by Gasteiger charge is -2.32. The molecule has 2 aromatic rings. The first-order valence-corrected chi connectivity index (χ1v) is 9.06. The van der Waals surface area contributed by atoms with Gasteiger partial charge in [-0.05, 0) is 31.7 Å². The number of hydrogen-bond donors (Lipinski definition) is 2.